The van der Waals surface area contributed by atoms with Crippen LogP contribution in [0.2, 0.25) is 0 Å². The van der Waals surface area contributed by atoms with Gasteiger partial charge in [0.15, 0.2) is 0 Å². The molecule has 12 heavy (non-hydrogen) atoms. The molecule has 2 rings (SSSR count). The van der Waals surface area contributed by atoms with Crippen molar-refractivity contribution >= 4 is 11.0 Å². The Balaban J connectivity index is 2.80. The first-order valence-electron chi connectivity index (χ1n) is 3.57. The van der Waals surface area contributed by atoms with Crippen molar-refractivity contribution in [3.05, 3.63) is 23.8 Å². The van der Waals surface area contributed by atoms with Crippen molar-refractivity contribution in [2.45, 2.75) is 0 Å². The van der Waals surface area contributed by atoms with E-state index in [9.17, 15) is 0 Å². The van der Waals surface area contributed by atoms with E-state index in [1.54, 1.807) is 4.68 Å². The Morgan fingerprint density at radius 2 is 2.33 bits per heavy atom. The lowest BCUT2D eigenvalue weighted by Crippen LogP contribution is -1.88. The van der Waals surface area contributed by atoms with E-state index in [0.717, 1.165) is 16.6 Å². The Morgan fingerprint density at radius 3 is 3.08 bits per heavy atom. The van der Waals surface area contributed by atoms with Gasteiger partial charge in [0.05, 0.1) is 5.52 Å². The molecule has 0 radical (unpaired) electrons. The van der Waals surface area contributed by atoms with E-state index in [2.05, 4.69) is 16.2 Å². The molecule has 0 aliphatic heterocycles. The molecule has 1 aromatic carbocycles. The van der Waals surface area contributed by atoms with Crippen molar-refractivity contribution < 1.29 is 0 Å². The molecule has 0 spiro atoms. The van der Waals surface area contributed by atoms with Crippen LogP contribution in [-0.4, -0.2) is 15.0 Å². The van der Waals surface area contributed by atoms with Gasteiger partial charge in [-0.25, -0.2) is 4.68 Å². The summed E-state index contributed by atoms with van der Waals surface area (Å²) in [4.78, 5) is 0. The number of aryl methyl sites for hydroxylation is 1. The summed E-state index contributed by atoms with van der Waals surface area (Å²) in [6.07, 6.45) is 5.24. The van der Waals surface area contributed by atoms with Gasteiger partial charge in [-0.2, -0.15) is 0 Å². The maximum Gasteiger partial charge on any atom is 0.114 e. The van der Waals surface area contributed by atoms with E-state index in [1.807, 2.05) is 25.2 Å². The van der Waals surface area contributed by atoms with Crippen molar-refractivity contribution in [1.82, 2.24) is 15.0 Å². The van der Waals surface area contributed by atoms with Crippen molar-refractivity contribution in [1.29, 1.82) is 0 Å². The van der Waals surface area contributed by atoms with Gasteiger partial charge in [0.1, 0.15) is 5.52 Å². The molecule has 0 fully saturated rings. The molecule has 0 atom stereocenters. The highest BCUT2D eigenvalue weighted by atomic mass is 15.4. The molecule has 0 bridgehead atoms. The summed E-state index contributed by atoms with van der Waals surface area (Å²) >= 11 is 0. The Morgan fingerprint density at radius 1 is 1.50 bits per heavy atom. The van der Waals surface area contributed by atoms with E-state index < -0.39 is 0 Å². The Bertz CT molecular complexity index is 462. The topological polar surface area (TPSA) is 30.7 Å². The molecule has 0 unspecified atom stereocenters. The molecule has 1 aromatic heterocycles. The van der Waals surface area contributed by atoms with Gasteiger partial charge in [0.25, 0.3) is 0 Å². The maximum atomic E-state index is 5.24. The summed E-state index contributed by atoms with van der Waals surface area (Å²) in [6.45, 7) is 0. The first-order valence-corrected chi connectivity index (χ1v) is 3.57. The molecular formula is C9H7N3. The highest BCUT2D eigenvalue weighted by Gasteiger charge is 1.99. The fraction of sp³-hybridized carbons (Fsp3) is 0.111. The predicted molar refractivity (Wildman–Crippen MR) is 46.4 cm³/mol. The molecule has 0 aliphatic carbocycles. The molecule has 0 N–H and O–H groups in total. The molecule has 58 valence electrons. The third-order valence-electron chi connectivity index (χ3n) is 1.78. The van der Waals surface area contributed by atoms with Crippen LogP contribution in [0.15, 0.2) is 18.2 Å². The van der Waals surface area contributed by atoms with Crippen LogP contribution in [0.5, 0.6) is 0 Å². The number of terminal acetylenes is 1. The lowest BCUT2D eigenvalue weighted by molar-refractivity contribution is 0.736. The largest absolute Gasteiger partial charge is 0.248 e. The van der Waals surface area contributed by atoms with Crippen LogP contribution in [0.3, 0.4) is 0 Å². The second-order valence-corrected chi connectivity index (χ2v) is 2.56. The van der Waals surface area contributed by atoms with Crippen molar-refractivity contribution in [2.24, 2.45) is 7.05 Å². The minimum absolute atomic E-state index is 0.836. The number of aromatic nitrogens is 3. The lowest BCUT2D eigenvalue weighted by Gasteiger charge is -1.91. The zero-order valence-electron chi connectivity index (χ0n) is 6.65. The second-order valence-electron chi connectivity index (χ2n) is 2.56. The van der Waals surface area contributed by atoms with Gasteiger partial charge in [-0.15, -0.1) is 11.5 Å². The van der Waals surface area contributed by atoms with Crippen LogP contribution in [0.25, 0.3) is 11.0 Å². The minimum atomic E-state index is 0.836. The van der Waals surface area contributed by atoms with Gasteiger partial charge in [0, 0.05) is 12.6 Å². The molecule has 3 heteroatoms. The van der Waals surface area contributed by atoms with Crippen LogP contribution < -0.4 is 0 Å². The Labute approximate surface area is 70.0 Å². The van der Waals surface area contributed by atoms with Crippen LogP contribution in [0.1, 0.15) is 5.56 Å². The maximum absolute atomic E-state index is 5.24. The zero-order chi connectivity index (χ0) is 8.55. The third-order valence-corrected chi connectivity index (χ3v) is 1.78. The second kappa shape index (κ2) is 2.35. The highest BCUT2D eigenvalue weighted by Crippen LogP contribution is 2.11. The number of rotatable bonds is 0. The molecule has 0 amide bonds. The number of fused-ring (bicyclic) bond motifs is 1. The van der Waals surface area contributed by atoms with Gasteiger partial charge in [0.2, 0.25) is 0 Å². The summed E-state index contributed by atoms with van der Waals surface area (Å²) in [5.74, 6) is 2.55. The fourth-order valence-corrected chi connectivity index (χ4v) is 1.13. The number of benzene rings is 1. The quantitative estimate of drug-likeness (QED) is 0.533. The van der Waals surface area contributed by atoms with Crippen molar-refractivity contribution in [3.63, 3.8) is 0 Å². The molecule has 0 aliphatic rings. The fourth-order valence-electron chi connectivity index (χ4n) is 1.13. The molecule has 0 saturated carbocycles. The molecule has 2 aromatic rings. The van der Waals surface area contributed by atoms with Crippen molar-refractivity contribution in [3.8, 4) is 12.3 Å². The van der Waals surface area contributed by atoms with Crippen LogP contribution in [-0.2, 0) is 7.05 Å². The monoisotopic (exact) mass is 157 g/mol. The molecule has 3 nitrogen and oxygen atoms in total. The first-order chi connectivity index (χ1) is 5.81. The van der Waals surface area contributed by atoms with Gasteiger partial charge in [-0.3, -0.25) is 0 Å². The Kier molecular flexibility index (Phi) is 1.34. The van der Waals surface area contributed by atoms with Gasteiger partial charge in [-0.05, 0) is 18.2 Å². The average molecular weight is 157 g/mol. The van der Waals surface area contributed by atoms with E-state index in [-0.39, 0.29) is 0 Å². The van der Waals surface area contributed by atoms with Crippen LogP contribution in [0, 0.1) is 12.3 Å². The number of nitrogens with zero attached hydrogens (tertiary/aromatic N) is 3. The molecular weight excluding hydrogens is 150 g/mol. The molecule has 0 saturated heterocycles. The van der Waals surface area contributed by atoms with Crippen molar-refractivity contribution in [2.75, 3.05) is 0 Å². The summed E-state index contributed by atoms with van der Waals surface area (Å²) in [6, 6.07) is 5.65. The van der Waals surface area contributed by atoms with Gasteiger partial charge in [-0.1, -0.05) is 11.1 Å². The lowest BCUT2D eigenvalue weighted by atomic mass is 10.2. The first kappa shape index (κ1) is 6.86. The van der Waals surface area contributed by atoms with Crippen LogP contribution >= 0.6 is 0 Å². The van der Waals surface area contributed by atoms with E-state index >= 15 is 0 Å². The third kappa shape index (κ3) is 0.857. The standard InChI is InChI=1S/C9H7N3/c1-3-7-4-5-9-8(6-7)10-11-12(9)2/h1,4-6H,2H3. The number of hydrogen-bond acceptors (Lipinski definition) is 2. The highest BCUT2D eigenvalue weighted by molar-refractivity contribution is 5.75. The SMILES string of the molecule is C#Cc1ccc2c(c1)nnn2C. The van der Waals surface area contributed by atoms with Gasteiger partial charge < -0.3 is 0 Å². The van der Waals surface area contributed by atoms with E-state index in [1.165, 1.54) is 0 Å². The summed E-state index contributed by atoms with van der Waals surface area (Å²) < 4.78 is 1.72. The summed E-state index contributed by atoms with van der Waals surface area (Å²) in [5.41, 5.74) is 2.67. The minimum Gasteiger partial charge on any atom is -0.248 e. The Hall–Kier alpha value is -1.82. The van der Waals surface area contributed by atoms with Gasteiger partial charge >= 0.3 is 0 Å². The predicted octanol–water partition coefficient (Wildman–Crippen LogP) is 0.950. The summed E-state index contributed by atoms with van der Waals surface area (Å²) in [5, 5.41) is 7.81. The zero-order valence-corrected chi connectivity index (χ0v) is 6.65. The van der Waals surface area contributed by atoms with Crippen LogP contribution in [0.4, 0.5) is 0 Å². The average Bonchev–Trinajstić information content (AvgIpc) is 2.47. The summed E-state index contributed by atoms with van der Waals surface area (Å²) in [7, 11) is 1.85. The smallest absolute Gasteiger partial charge is 0.114 e. The number of hydrogen-bond donors (Lipinski definition) is 0. The van der Waals surface area contributed by atoms with E-state index in [0.29, 0.717) is 0 Å². The normalized spacial score (nSPS) is 10.0. The van der Waals surface area contributed by atoms with E-state index in [4.69, 9.17) is 6.42 Å². The molecule has 1 heterocycles.